The maximum Gasteiger partial charge on any atom is 0.251 e. The lowest BCUT2D eigenvalue weighted by Crippen LogP contribution is -2.27. The number of benzene rings is 1. The van der Waals surface area contributed by atoms with Gasteiger partial charge in [0.25, 0.3) is 5.91 Å². The molecule has 1 atom stereocenters. The molecular weight excluding hydrogens is 266 g/mol. The van der Waals surface area contributed by atoms with E-state index in [-0.39, 0.29) is 11.9 Å². The summed E-state index contributed by atoms with van der Waals surface area (Å²) in [6.07, 6.45) is 0. The summed E-state index contributed by atoms with van der Waals surface area (Å²) in [5, 5.41) is 7.40. The molecule has 0 fully saturated rings. The van der Waals surface area contributed by atoms with Crippen LogP contribution >= 0.6 is 0 Å². The average Bonchev–Trinajstić information content (AvgIpc) is 2.72. The summed E-state index contributed by atoms with van der Waals surface area (Å²) in [6, 6.07) is 6.97. The molecule has 1 heterocycles. The number of nitrogens with zero attached hydrogens (tertiary/aromatic N) is 2. The van der Waals surface area contributed by atoms with Crippen molar-refractivity contribution in [3.8, 4) is 5.75 Å². The van der Waals surface area contributed by atoms with Crippen LogP contribution in [0.3, 0.4) is 0 Å². The van der Waals surface area contributed by atoms with Crippen LogP contribution < -0.4 is 10.1 Å². The van der Waals surface area contributed by atoms with Gasteiger partial charge in [0.2, 0.25) is 0 Å². The number of amides is 1. The first-order chi connectivity index (χ1) is 9.93. The Morgan fingerprint density at radius 1 is 1.29 bits per heavy atom. The van der Waals surface area contributed by atoms with Crippen LogP contribution in [-0.4, -0.2) is 22.8 Å². The van der Waals surface area contributed by atoms with E-state index >= 15 is 0 Å². The Morgan fingerprint density at radius 3 is 2.38 bits per heavy atom. The third kappa shape index (κ3) is 3.07. The summed E-state index contributed by atoms with van der Waals surface area (Å²) >= 11 is 0. The molecule has 0 radical (unpaired) electrons. The summed E-state index contributed by atoms with van der Waals surface area (Å²) in [7, 11) is 3.51. The predicted molar refractivity (Wildman–Crippen MR) is 81.6 cm³/mol. The number of aryl methyl sites for hydroxylation is 2. The number of aromatic nitrogens is 2. The Labute approximate surface area is 124 Å². The van der Waals surface area contributed by atoms with Crippen LogP contribution in [0.25, 0.3) is 0 Å². The van der Waals surface area contributed by atoms with E-state index < -0.39 is 0 Å². The van der Waals surface area contributed by atoms with Crippen molar-refractivity contribution in [3.63, 3.8) is 0 Å². The molecule has 0 saturated carbocycles. The van der Waals surface area contributed by atoms with Crippen LogP contribution in [0.5, 0.6) is 5.75 Å². The van der Waals surface area contributed by atoms with Crippen molar-refractivity contribution in [3.05, 3.63) is 46.8 Å². The van der Waals surface area contributed by atoms with E-state index in [4.69, 9.17) is 4.74 Å². The van der Waals surface area contributed by atoms with Crippen LogP contribution in [0.2, 0.25) is 0 Å². The standard InChI is InChI=1S/C16H21N3O2/c1-10(15-11(2)18-19(4)12(15)3)17-16(20)13-6-8-14(21-5)9-7-13/h6-10H,1-5H3,(H,17,20)/t10-/m1/s1. The number of hydrogen-bond donors (Lipinski definition) is 1. The maximum atomic E-state index is 12.3. The van der Waals surface area contributed by atoms with Gasteiger partial charge in [-0.2, -0.15) is 5.10 Å². The number of rotatable bonds is 4. The number of methoxy groups -OCH3 is 1. The molecule has 0 spiro atoms. The van der Waals surface area contributed by atoms with Gasteiger partial charge in [0.05, 0.1) is 18.8 Å². The molecule has 1 amide bonds. The van der Waals surface area contributed by atoms with Crippen LogP contribution in [0.15, 0.2) is 24.3 Å². The first kappa shape index (κ1) is 15.1. The van der Waals surface area contributed by atoms with Gasteiger partial charge < -0.3 is 10.1 Å². The molecule has 1 aromatic heterocycles. The summed E-state index contributed by atoms with van der Waals surface area (Å²) in [5.74, 6) is 0.631. The molecule has 112 valence electrons. The SMILES string of the molecule is COc1ccc(C(=O)N[C@H](C)c2c(C)nn(C)c2C)cc1. The quantitative estimate of drug-likeness (QED) is 0.940. The fourth-order valence-corrected chi connectivity index (χ4v) is 2.51. The summed E-state index contributed by atoms with van der Waals surface area (Å²) in [6.45, 7) is 5.93. The molecule has 2 aromatic rings. The van der Waals surface area contributed by atoms with Crippen molar-refractivity contribution in [1.82, 2.24) is 15.1 Å². The largest absolute Gasteiger partial charge is 0.497 e. The van der Waals surface area contributed by atoms with Crippen LogP contribution in [0, 0.1) is 13.8 Å². The number of nitrogens with one attached hydrogen (secondary N) is 1. The highest BCUT2D eigenvalue weighted by Crippen LogP contribution is 2.21. The number of carbonyl (C=O) groups is 1. The minimum atomic E-state index is -0.104. The minimum Gasteiger partial charge on any atom is -0.497 e. The second-order valence-electron chi connectivity index (χ2n) is 5.13. The van der Waals surface area contributed by atoms with E-state index in [1.54, 1.807) is 31.4 Å². The fraction of sp³-hybridized carbons (Fsp3) is 0.375. The van der Waals surface area contributed by atoms with E-state index in [9.17, 15) is 4.79 Å². The highest BCUT2D eigenvalue weighted by molar-refractivity contribution is 5.94. The summed E-state index contributed by atoms with van der Waals surface area (Å²) < 4.78 is 6.92. The first-order valence-electron chi connectivity index (χ1n) is 6.89. The lowest BCUT2D eigenvalue weighted by atomic mass is 10.1. The van der Waals surface area contributed by atoms with Gasteiger partial charge in [-0.25, -0.2) is 0 Å². The zero-order valence-electron chi connectivity index (χ0n) is 13.1. The molecule has 1 N–H and O–H groups in total. The molecule has 0 aliphatic carbocycles. The topological polar surface area (TPSA) is 56.1 Å². The molecule has 0 bridgehead atoms. The van der Waals surface area contributed by atoms with Gasteiger partial charge in [0.1, 0.15) is 5.75 Å². The normalized spacial score (nSPS) is 12.0. The highest BCUT2D eigenvalue weighted by atomic mass is 16.5. The highest BCUT2D eigenvalue weighted by Gasteiger charge is 2.18. The van der Waals surface area contributed by atoms with Crippen molar-refractivity contribution in [2.24, 2.45) is 7.05 Å². The van der Waals surface area contributed by atoms with Crippen molar-refractivity contribution < 1.29 is 9.53 Å². The van der Waals surface area contributed by atoms with Gasteiger partial charge in [0, 0.05) is 23.9 Å². The molecule has 21 heavy (non-hydrogen) atoms. The van der Waals surface area contributed by atoms with Crippen molar-refractivity contribution >= 4 is 5.91 Å². The lowest BCUT2D eigenvalue weighted by molar-refractivity contribution is 0.0939. The Hall–Kier alpha value is -2.30. The van der Waals surface area contributed by atoms with E-state index in [0.717, 1.165) is 22.7 Å². The smallest absolute Gasteiger partial charge is 0.251 e. The van der Waals surface area contributed by atoms with E-state index in [0.29, 0.717) is 5.56 Å². The van der Waals surface area contributed by atoms with Crippen molar-refractivity contribution in [2.75, 3.05) is 7.11 Å². The Bertz CT molecular complexity index is 644. The molecule has 5 nitrogen and oxygen atoms in total. The third-order valence-electron chi connectivity index (χ3n) is 3.70. The monoisotopic (exact) mass is 287 g/mol. The number of ether oxygens (including phenoxy) is 1. The van der Waals surface area contributed by atoms with Crippen LogP contribution in [0.4, 0.5) is 0 Å². The van der Waals surface area contributed by atoms with Gasteiger partial charge in [-0.15, -0.1) is 0 Å². The first-order valence-corrected chi connectivity index (χ1v) is 6.89. The molecule has 0 saturated heterocycles. The molecular formula is C16H21N3O2. The predicted octanol–water partition coefficient (Wildman–Crippen LogP) is 2.54. The molecule has 0 aliphatic rings. The Kier molecular flexibility index (Phi) is 4.31. The second-order valence-corrected chi connectivity index (χ2v) is 5.13. The fourth-order valence-electron chi connectivity index (χ4n) is 2.51. The average molecular weight is 287 g/mol. The molecule has 2 rings (SSSR count). The number of carbonyl (C=O) groups excluding carboxylic acids is 1. The van der Waals surface area contributed by atoms with Crippen molar-refractivity contribution in [2.45, 2.75) is 26.8 Å². The van der Waals surface area contributed by atoms with Crippen LogP contribution in [-0.2, 0) is 7.05 Å². The van der Waals surface area contributed by atoms with Gasteiger partial charge in [-0.1, -0.05) is 0 Å². The Balaban J connectivity index is 2.14. The van der Waals surface area contributed by atoms with Gasteiger partial charge in [-0.3, -0.25) is 9.48 Å². The van der Waals surface area contributed by atoms with Gasteiger partial charge in [-0.05, 0) is 45.0 Å². The van der Waals surface area contributed by atoms with E-state index in [2.05, 4.69) is 10.4 Å². The summed E-state index contributed by atoms with van der Waals surface area (Å²) in [5.41, 5.74) is 3.69. The zero-order valence-corrected chi connectivity index (χ0v) is 13.1. The van der Waals surface area contributed by atoms with Gasteiger partial charge in [0.15, 0.2) is 0 Å². The summed E-state index contributed by atoms with van der Waals surface area (Å²) in [4.78, 5) is 12.3. The second kappa shape index (κ2) is 5.99. The molecule has 1 aromatic carbocycles. The number of hydrogen-bond acceptors (Lipinski definition) is 3. The van der Waals surface area contributed by atoms with Crippen LogP contribution in [0.1, 0.15) is 40.3 Å². The van der Waals surface area contributed by atoms with E-state index in [1.165, 1.54) is 0 Å². The van der Waals surface area contributed by atoms with E-state index in [1.807, 2.05) is 32.5 Å². The molecule has 5 heteroatoms. The maximum absolute atomic E-state index is 12.3. The van der Waals surface area contributed by atoms with Crippen molar-refractivity contribution in [1.29, 1.82) is 0 Å². The molecule has 0 aliphatic heterocycles. The van der Waals surface area contributed by atoms with Gasteiger partial charge >= 0.3 is 0 Å². The lowest BCUT2D eigenvalue weighted by Gasteiger charge is -2.15. The zero-order chi connectivity index (χ0) is 15.6. The Morgan fingerprint density at radius 2 is 1.90 bits per heavy atom. The third-order valence-corrected chi connectivity index (χ3v) is 3.70. The molecule has 0 unspecified atom stereocenters. The minimum absolute atomic E-state index is 0.0895.